The van der Waals surface area contributed by atoms with E-state index in [4.69, 9.17) is 0 Å². The number of hydrogen-bond acceptors (Lipinski definition) is 4. The van der Waals surface area contributed by atoms with Gasteiger partial charge in [0.2, 0.25) is 0 Å². The Balaban J connectivity index is 2.18. The lowest BCUT2D eigenvalue weighted by Crippen LogP contribution is -2.96. The van der Waals surface area contributed by atoms with Crippen molar-refractivity contribution in [3.8, 4) is 0 Å². The van der Waals surface area contributed by atoms with Crippen molar-refractivity contribution in [2.24, 2.45) is 5.41 Å². The van der Waals surface area contributed by atoms with Crippen molar-refractivity contribution >= 4 is 0 Å². The van der Waals surface area contributed by atoms with Gasteiger partial charge in [-0.3, -0.25) is 20.2 Å². The Morgan fingerprint density at radius 3 is 1.54 bits per heavy atom. The highest BCUT2D eigenvalue weighted by atomic mass is 16.6. The Hall–Kier alpha value is -2.80. The van der Waals surface area contributed by atoms with Crippen molar-refractivity contribution in [2.75, 3.05) is 0 Å². The highest BCUT2D eigenvalue weighted by Gasteiger charge is 2.65. The van der Waals surface area contributed by atoms with Gasteiger partial charge in [-0.2, -0.15) is 0 Å². The van der Waals surface area contributed by atoms with Crippen molar-refractivity contribution in [2.45, 2.75) is 51.9 Å². The third-order valence-electron chi connectivity index (χ3n) is 5.93. The molecule has 1 heterocycles. The molecule has 0 aliphatic carbocycles. The molecule has 4 atom stereocenters. The molecule has 2 aromatic carbocycles. The highest BCUT2D eigenvalue weighted by molar-refractivity contribution is 5.28. The van der Waals surface area contributed by atoms with E-state index in [1.54, 1.807) is 13.8 Å². The molecule has 2 aromatic rings. The molecule has 3 rings (SSSR count). The van der Waals surface area contributed by atoms with Gasteiger partial charge in [0.15, 0.2) is 12.1 Å². The van der Waals surface area contributed by atoms with E-state index in [9.17, 15) is 20.2 Å². The van der Waals surface area contributed by atoms with E-state index in [1.165, 1.54) is 0 Å². The van der Waals surface area contributed by atoms with Crippen LogP contribution in [-0.4, -0.2) is 21.9 Å². The molecule has 0 spiro atoms. The van der Waals surface area contributed by atoms with Crippen molar-refractivity contribution in [3.63, 3.8) is 0 Å². The van der Waals surface area contributed by atoms with Crippen LogP contribution in [0.5, 0.6) is 0 Å². The zero-order chi connectivity index (χ0) is 20.6. The molecule has 1 saturated heterocycles. The van der Waals surface area contributed by atoms with Crippen molar-refractivity contribution in [1.29, 1.82) is 0 Å². The summed E-state index contributed by atoms with van der Waals surface area (Å²) in [4.78, 5) is 23.5. The van der Waals surface area contributed by atoms with Crippen molar-refractivity contribution in [3.05, 3.63) is 91.0 Å². The summed E-state index contributed by atoms with van der Waals surface area (Å²) in [6.45, 7) is 7.20. The number of nitrogens with zero attached hydrogens (tertiary/aromatic N) is 2. The fourth-order valence-electron chi connectivity index (χ4n) is 4.68. The lowest BCUT2D eigenvalue weighted by molar-refractivity contribution is -0.818. The van der Waals surface area contributed by atoms with E-state index in [1.807, 2.05) is 67.7 Å². The molecule has 1 aliphatic heterocycles. The van der Waals surface area contributed by atoms with Crippen LogP contribution in [0.15, 0.2) is 48.5 Å². The summed E-state index contributed by atoms with van der Waals surface area (Å²) < 4.78 is 0. The van der Waals surface area contributed by atoms with Gasteiger partial charge in [-0.25, -0.2) is 0 Å². The lowest BCUT2D eigenvalue weighted by Gasteiger charge is -2.41. The maximum absolute atomic E-state index is 12.1. The minimum atomic E-state index is -1.13. The topological polar surface area (TPSA) is 103 Å². The van der Waals surface area contributed by atoms with E-state index in [-0.39, 0.29) is 9.85 Å². The molecule has 148 valence electrons. The monoisotopic (exact) mass is 384 g/mol. The summed E-state index contributed by atoms with van der Waals surface area (Å²) in [6.07, 6.45) is 0. The first-order chi connectivity index (χ1) is 13.1. The second-order valence-corrected chi connectivity index (χ2v) is 8.35. The number of nitrogens with two attached hydrogens (primary N) is 1. The van der Waals surface area contributed by atoms with E-state index in [0.717, 1.165) is 22.3 Å². The molecule has 0 amide bonds. The van der Waals surface area contributed by atoms with Crippen LogP contribution in [0.25, 0.3) is 0 Å². The quantitative estimate of drug-likeness (QED) is 0.646. The van der Waals surface area contributed by atoms with Gasteiger partial charge in [-0.15, -0.1) is 0 Å². The largest absolute Gasteiger partial charge is 0.322 e. The predicted molar refractivity (Wildman–Crippen MR) is 105 cm³/mol. The summed E-state index contributed by atoms with van der Waals surface area (Å²) in [5.74, 6) is 0. The van der Waals surface area contributed by atoms with E-state index < -0.39 is 29.6 Å². The zero-order valence-corrected chi connectivity index (χ0v) is 16.5. The van der Waals surface area contributed by atoms with Crippen LogP contribution in [-0.2, 0) is 0 Å². The number of aryl methyl sites for hydroxylation is 2. The fraction of sp³-hybridized carbons (Fsp3) is 0.429. The molecule has 28 heavy (non-hydrogen) atoms. The van der Waals surface area contributed by atoms with Gasteiger partial charge in [0.25, 0.3) is 12.1 Å². The summed E-state index contributed by atoms with van der Waals surface area (Å²) in [7, 11) is 0. The SMILES string of the molecule is Cc1cccc([C@@H]2[NH2+][C@@H](c3cccc(C)c3)[C@@H]([N+](=O)[O-])C(C)(C)[C@H]2[N+](=O)[O-])c1. The molecule has 0 radical (unpaired) electrons. The van der Waals surface area contributed by atoms with Crippen LogP contribution in [0, 0.1) is 39.5 Å². The molecular formula is C21H26N3O4+. The molecule has 1 fully saturated rings. The minimum absolute atomic E-state index is 0.341. The van der Waals surface area contributed by atoms with E-state index >= 15 is 0 Å². The Morgan fingerprint density at radius 2 is 1.21 bits per heavy atom. The van der Waals surface area contributed by atoms with Crippen LogP contribution >= 0.6 is 0 Å². The van der Waals surface area contributed by atoms with Gasteiger partial charge in [0.05, 0.1) is 0 Å². The Morgan fingerprint density at radius 1 is 0.821 bits per heavy atom. The maximum Gasteiger partial charge on any atom is 0.279 e. The summed E-state index contributed by atoms with van der Waals surface area (Å²) in [6, 6.07) is 12.1. The molecule has 0 aromatic heterocycles. The van der Waals surface area contributed by atoms with Crippen LogP contribution in [0.4, 0.5) is 0 Å². The smallest absolute Gasteiger partial charge is 0.279 e. The third-order valence-corrected chi connectivity index (χ3v) is 5.93. The summed E-state index contributed by atoms with van der Waals surface area (Å²) >= 11 is 0. The number of quaternary nitrogens is 1. The fourth-order valence-corrected chi connectivity index (χ4v) is 4.68. The van der Waals surface area contributed by atoms with Crippen LogP contribution in [0.1, 0.15) is 48.2 Å². The average molecular weight is 384 g/mol. The van der Waals surface area contributed by atoms with Gasteiger partial charge in [-0.05, 0) is 39.8 Å². The number of benzene rings is 2. The number of hydrogen-bond donors (Lipinski definition) is 1. The van der Waals surface area contributed by atoms with Gasteiger partial charge in [0.1, 0.15) is 5.41 Å². The predicted octanol–water partition coefficient (Wildman–Crippen LogP) is 2.98. The second kappa shape index (κ2) is 7.31. The van der Waals surface area contributed by atoms with Gasteiger partial charge in [-0.1, -0.05) is 47.5 Å². The average Bonchev–Trinajstić information content (AvgIpc) is 2.59. The number of piperidine rings is 1. The number of nitro groups is 2. The molecule has 1 aliphatic rings. The molecule has 2 N–H and O–H groups in total. The Labute approximate surface area is 164 Å². The second-order valence-electron chi connectivity index (χ2n) is 8.35. The molecule has 7 heteroatoms. The molecule has 0 saturated carbocycles. The lowest BCUT2D eigenvalue weighted by atomic mass is 9.66. The van der Waals surface area contributed by atoms with Crippen LogP contribution < -0.4 is 5.32 Å². The number of rotatable bonds is 4. The zero-order valence-electron chi connectivity index (χ0n) is 16.5. The first kappa shape index (κ1) is 19.9. The van der Waals surface area contributed by atoms with Crippen LogP contribution in [0.3, 0.4) is 0 Å². The maximum atomic E-state index is 12.1. The standard InChI is InChI=1S/C21H25N3O4/c1-13-7-5-9-15(11-13)17-19(23(25)26)21(3,4)20(24(27)28)18(22-17)16-10-6-8-14(2)12-16/h5-12,17-20,22H,1-4H3/p+1/t17-,18-,19-,20+/m0/s1. The van der Waals surface area contributed by atoms with Gasteiger partial charge in [0, 0.05) is 21.0 Å². The van der Waals surface area contributed by atoms with Crippen molar-refractivity contribution < 1.29 is 15.2 Å². The highest BCUT2D eigenvalue weighted by Crippen LogP contribution is 2.43. The third kappa shape index (κ3) is 3.49. The summed E-state index contributed by atoms with van der Waals surface area (Å²) in [5, 5.41) is 26.0. The Bertz CT molecular complexity index is 841. The normalized spacial score (nSPS) is 26.6. The van der Waals surface area contributed by atoms with Gasteiger partial charge >= 0.3 is 0 Å². The van der Waals surface area contributed by atoms with E-state index in [2.05, 4.69) is 0 Å². The molecule has 0 bridgehead atoms. The van der Waals surface area contributed by atoms with Crippen molar-refractivity contribution in [1.82, 2.24) is 0 Å². The van der Waals surface area contributed by atoms with Crippen LogP contribution in [0.2, 0.25) is 0 Å². The molecular weight excluding hydrogens is 358 g/mol. The van der Waals surface area contributed by atoms with Gasteiger partial charge < -0.3 is 5.32 Å². The summed E-state index contributed by atoms with van der Waals surface area (Å²) in [5.41, 5.74) is 2.54. The Kier molecular flexibility index (Phi) is 5.21. The molecule has 7 nitrogen and oxygen atoms in total. The minimum Gasteiger partial charge on any atom is -0.322 e. The first-order valence-corrected chi connectivity index (χ1v) is 9.38. The first-order valence-electron chi connectivity index (χ1n) is 9.38. The molecule has 0 unspecified atom stereocenters. The van der Waals surface area contributed by atoms with E-state index in [0.29, 0.717) is 0 Å².